The Morgan fingerprint density at radius 3 is 2.46 bits per heavy atom. The van der Waals surface area contributed by atoms with Gasteiger partial charge in [0.15, 0.2) is 6.10 Å². The molecule has 2 rings (SSSR count). The molecule has 7 nitrogen and oxygen atoms in total. The van der Waals surface area contributed by atoms with Crippen LogP contribution >= 0.6 is 0 Å². The lowest BCUT2D eigenvalue weighted by Gasteiger charge is -2.12. The number of carbonyl (C=O) groups is 1. The van der Waals surface area contributed by atoms with Gasteiger partial charge in [-0.25, -0.2) is 5.43 Å². The SMILES string of the molecule is CC(/C=C/c1ccccc1)=N\NC(=O)C(C)Oc1ccc([N+](=O)[O-])cc1. The van der Waals surface area contributed by atoms with Gasteiger partial charge in [0, 0.05) is 12.1 Å². The van der Waals surface area contributed by atoms with Crippen LogP contribution in [-0.4, -0.2) is 22.6 Å². The minimum Gasteiger partial charge on any atom is -0.481 e. The van der Waals surface area contributed by atoms with Gasteiger partial charge in [-0.2, -0.15) is 5.10 Å². The first-order valence-corrected chi connectivity index (χ1v) is 7.94. The summed E-state index contributed by atoms with van der Waals surface area (Å²) in [6.45, 7) is 3.34. The van der Waals surface area contributed by atoms with Crippen molar-refractivity contribution in [2.24, 2.45) is 5.10 Å². The van der Waals surface area contributed by atoms with Crippen LogP contribution in [0.1, 0.15) is 19.4 Å². The van der Waals surface area contributed by atoms with Crippen molar-refractivity contribution < 1.29 is 14.5 Å². The second kappa shape index (κ2) is 9.12. The number of hydrogen-bond acceptors (Lipinski definition) is 5. The third-order valence-electron chi connectivity index (χ3n) is 3.39. The summed E-state index contributed by atoms with van der Waals surface area (Å²) < 4.78 is 5.45. The fourth-order valence-corrected chi connectivity index (χ4v) is 1.96. The first kappa shape index (κ1) is 18.9. The van der Waals surface area contributed by atoms with E-state index in [1.807, 2.05) is 36.4 Å². The lowest BCUT2D eigenvalue weighted by atomic mass is 10.2. The topological polar surface area (TPSA) is 93.8 Å². The van der Waals surface area contributed by atoms with Gasteiger partial charge in [0.05, 0.1) is 10.6 Å². The van der Waals surface area contributed by atoms with E-state index in [2.05, 4.69) is 10.5 Å². The van der Waals surface area contributed by atoms with Gasteiger partial charge in [-0.3, -0.25) is 14.9 Å². The molecule has 0 heterocycles. The number of nitro groups is 1. The van der Waals surface area contributed by atoms with E-state index in [0.29, 0.717) is 11.5 Å². The molecule has 0 aliphatic heterocycles. The number of rotatable bonds is 7. The Morgan fingerprint density at radius 2 is 1.85 bits per heavy atom. The maximum atomic E-state index is 12.0. The molecule has 2 aromatic rings. The van der Waals surface area contributed by atoms with Crippen molar-refractivity contribution in [2.45, 2.75) is 20.0 Å². The number of ether oxygens (including phenoxy) is 1. The minimum absolute atomic E-state index is 0.0418. The molecule has 0 aliphatic carbocycles. The number of non-ortho nitro benzene ring substituents is 1. The molecule has 0 radical (unpaired) electrons. The lowest BCUT2D eigenvalue weighted by Crippen LogP contribution is -2.33. The van der Waals surface area contributed by atoms with Crippen LogP contribution in [0.15, 0.2) is 65.8 Å². The van der Waals surface area contributed by atoms with E-state index in [9.17, 15) is 14.9 Å². The Labute approximate surface area is 151 Å². The third kappa shape index (κ3) is 5.86. The first-order valence-electron chi connectivity index (χ1n) is 7.94. The molecule has 1 unspecified atom stereocenters. The summed E-state index contributed by atoms with van der Waals surface area (Å²) in [5.41, 5.74) is 4.05. The molecule has 0 saturated heterocycles. The molecule has 1 amide bonds. The normalized spacial score (nSPS) is 12.6. The number of nitrogens with zero attached hydrogens (tertiary/aromatic N) is 2. The van der Waals surface area contributed by atoms with Crippen LogP contribution in [0.5, 0.6) is 5.75 Å². The maximum absolute atomic E-state index is 12.0. The molecule has 1 atom stereocenters. The van der Waals surface area contributed by atoms with Gasteiger partial charge in [0.25, 0.3) is 11.6 Å². The molecule has 1 N–H and O–H groups in total. The molecule has 0 fully saturated rings. The maximum Gasteiger partial charge on any atom is 0.280 e. The summed E-state index contributed by atoms with van der Waals surface area (Å²) in [5, 5.41) is 14.6. The highest BCUT2D eigenvalue weighted by atomic mass is 16.6. The number of benzene rings is 2. The van der Waals surface area contributed by atoms with Gasteiger partial charge < -0.3 is 4.74 Å². The number of nitrogens with one attached hydrogen (secondary N) is 1. The quantitative estimate of drug-likeness (QED) is 0.468. The van der Waals surface area contributed by atoms with E-state index < -0.39 is 16.9 Å². The van der Waals surface area contributed by atoms with Crippen LogP contribution in [0.4, 0.5) is 5.69 Å². The van der Waals surface area contributed by atoms with Gasteiger partial charge in [-0.1, -0.05) is 36.4 Å². The van der Waals surface area contributed by atoms with Crippen molar-refractivity contribution >= 4 is 23.4 Å². The van der Waals surface area contributed by atoms with Crippen molar-refractivity contribution in [1.29, 1.82) is 0 Å². The van der Waals surface area contributed by atoms with E-state index in [4.69, 9.17) is 4.74 Å². The first-order chi connectivity index (χ1) is 12.5. The monoisotopic (exact) mass is 353 g/mol. The molecular weight excluding hydrogens is 334 g/mol. The van der Waals surface area contributed by atoms with Crippen LogP contribution in [0, 0.1) is 10.1 Å². The summed E-state index contributed by atoms with van der Waals surface area (Å²) in [6.07, 6.45) is 2.88. The Hall–Kier alpha value is -3.48. The van der Waals surface area contributed by atoms with E-state index in [-0.39, 0.29) is 5.69 Å². The second-order valence-corrected chi connectivity index (χ2v) is 5.48. The van der Waals surface area contributed by atoms with Crippen molar-refractivity contribution in [2.75, 3.05) is 0 Å². The zero-order valence-electron chi connectivity index (χ0n) is 14.5. The highest BCUT2D eigenvalue weighted by Gasteiger charge is 2.14. The Bertz CT molecular complexity index is 814. The summed E-state index contributed by atoms with van der Waals surface area (Å²) in [6, 6.07) is 15.2. The van der Waals surface area contributed by atoms with Gasteiger partial charge in [-0.15, -0.1) is 0 Å². The number of amides is 1. The van der Waals surface area contributed by atoms with Crippen LogP contribution in [-0.2, 0) is 4.79 Å². The van der Waals surface area contributed by atoms with Gasteiger partial charge in [0.2, 0.25) is 0 Å². The summed E-state index contributed by atoms with van der Waals surface area (Å²) in [4.78, 5) is 22.1. The van der Waals surface area contributed by atoms with E-state index >= 15 is 0 Å². The van der Waals surface area contributed by atoms with Gasteiger partial charge >= 0.3 is 0 Å². The Kier molecular flexibility index (Phi) is 6.61. The third-order valence-corrected chi connectivity index (χ3v) is 3.39. The highest BCUT2D eigenvalue weighted by molar-refractivity contribution is 5.97. The molecule has 134 valence electrons. The average molecular weight is 353 g/mol. The number of nitro benzene ring substituents is 1. The van der Waals surface area contributed by atoms with Crippen molar-refractivity contribution in [3.8, 4) is 5.75 Å². The summed E-state index contributed by atoms with van der Waals surface area (Å²) >= 11 is 0. The largest absolute Gasteiger partial charge is 0.481 e. The zero-order chi connectivity index (χ0) is 18.9. The molecule has 2 aromatic carbocycles. The fourth-order valence-electron chi connectivity index (χ4n) is 1.96. The molecule has 7 heteroatoms. The van der Waals surface area contributed by atoms with E-state index in [0.717, 1.165) is 5.56 Å². The number of hydrogen-bond donors (Lipinski definition) is 1. The summed E-state index contributed by atoms with van der Waals surface area (Å²) in [7, 11) is 0. The second-order valence-electron chi connectivity index (χ2n) is 5.48. The zero-order valence-corrected chi connectivity index (χ0v) is 14.5. The van der Waals surface area contributed by atoms with E-state index in [1.54, 1.807) is 19.9 Å². The van der Waals surface area contributed by atoms with Crippen LogP contribution in [0.25, 0.3) is 6.08 Å². The lowest BCUT2D eigenvalue weighted by molar-refractivity contribution is -0.384. The molecule has 0 aliphatic rings. The molecule has 0 aromatic heterocycles. The van der Waals surface area contributed by atoms with Crippen molar-refractivity contribution in [3.63, 3.8) is 0 Å². The van der Waals surface area contributed by atoms with Crippen molar-refractivity contribution in [3.05, 3.63) is 76.4 Å². The molecular formula is C19H19N3O4. The highest BCUT2D eigenvalue weighted by Crippen LogP contribution is 2.18. The molecule has 0 spiro atoms. The number of allylic oxidation sites excluding steroid dienone is 1. The molecule has 0 saturated carbocycles. The molecule has 0 bridgehead atoms. The predicted octanol–water partition coefficient (Wildman–Crippen LogP) is 3.57. The number of carbonyl (C=O) groups excluding carboxylic acids is 1. The van der Waals surface area contributed by atoms with Crippen LogP contribution in [0.3, 0.4) is 0 Å². The minimum atomic E-state index is -0.800. The van der Waals surface area contributed by atoms with Gasteiger partial charge in [0.1, 0.15) is 5.75 Å². The van der Waals surface area contributed by atoms with Crippen LogP contribution < -0.4 is 10.2 Å². The number of hydrazone groups is 1. The van der Waals surface area contributed by atoms with Gasteiger partial charge in [-0.05, 0) is 37.6 Å². The fraction of sp³-hybridized carbons (Fsp3) is 0.158. The Morgan fingerprint density at radius 1 is 1.19 bits per heavy atom. The average Bonchev–Trinajstić information content (AvgIpc) is 2.65. The van der Waals surface area contributed by atoms with E-state index in [1.165, 1.54) is 24.3 Å². The van der Waals surface area contributed by atoms with Crippen LogP contribution in [0.2, 0.25) is 0 Å². The molecule has 26 heavy (non-hydrogen) atoms. The summed E-state index contributed by atoms with van der Waals surface area (Å²) in [5.74, 6) is -0.0567. The van der Waals surface area contributed by atoms with Crippen molar-refractivity contribution in [1.82, 2.24) is 5.43 Å². The standard InChI is InChI=1S/C19H19N3O4/c1-14(8-9-16-6-4-3-5-7-16)20-21-19(23)15(2)26-18-12-10-17(11-13-18)22(24)25/h3-13,15H,1-2H3,(H,21,23)/b9-8+,20-14+. The smallest absolute Gasteiger partial charge is 0.280 e. The Balaban J connectivity index is 1.87. The predicted molar refractivity (Wildman–Crippen MR) is 99.9 cm³/mol.